The van der Waals surface area contributed by atoms with Crippen molar-refractivity contribution < 1.29 is 18.7 Å². The minimum atomic E-state index is -0.657. The zero-order valence-electron chi connectivity index (χ0n) is 23.7. The fourth-order valence-corrected chi connectivity index (χ4v) is 5.67. The monoisotopic (exact) mass is 591 g/mol. The number of nitriles is 1. The number of rotatable bonds is 10. The van der Waals surface area contributed by atoms with Gasteiger partial charge in [0.2, 0.25) is 0 Å². The molecule has 3 aromatic rings. The van der Waals surface area contributed by atoms with Crippen LogP contribution in [0.3, 0.4) is 0 Å². The highest BCUT2D eigenvalue weighted by molar-refractivity contribution is 7.95. The smallest absolute Gasteiger partial charge is 0.410 e. The predicted molar refractivity (Wildman–Crippen MR) is 159 cm³/mol. The Morgan fingerprint density at radius 3 is 2.77 bits per heavy atom. The Hall–Kier alpha value is -2.81. The summed E-state index contributed by atoms with van der Waals surface area (Å²) < 4.78 is 26.7. The van der Waals surface area contributed by atoms with Crippen LogP contribution in [-0.2, 0) is 27.1 Å². The van der Waals surface area contributed by atoms with Crippen molar-refractivity contribution in [2.75, 3.05) is 56.1 Å². The molecule has 1 aliphatic rings. The van der Waals surface area contributed by atoms with Crippen molar-refractivity contribution in [2.45, 2.75) is 52.0 Å². The van der Waals surface area contributed by atoms with Crippen LogP contribution in [0, 0.1) is 11.3 Å². The normalized spacial score (nSPS) is 15.8. The second kappa shape index (κ2) is 12.8. The van der Waals surface area contributed by atoms with Gasteiger partial charge in [0.1, 0.15) is 35.5 Å². The Morgan fingerprint density at radius 1 is 1.32 bits per heavy atom. The lowest BCUT2D eigenvalue weighted by Crippen LogP contribution is -2.45. The van der Waals surface area contributed by atoms with Gasteiger partial charge in [-0.2, -0.15) is 5.26 Å². The Morgan fingerprint density at radius 2 is 2.10 bits per heavy atom. The number of hydrogen-bond acceptors (Lipinski definition) is 7. The third-order valence-corrected chi connectivity index (χ3v) is 8.00. The fourth-order valence-electron chi connectivity index (χ4n) is 4.95. The summed E-state index contributed by atoms with van der Waals surface area (Å²) in [5.74, 6) is 0.962. The number of halogens is 2. The number of pyridine rings is 2. The van der Waals surface area contributed by atoms with Gasteiger partial charge in [0.05, 0.1) is 65.8 Å². The largest absolute Gasteiger partial charge is 0.444 e. The zero-order chi connectivity index (χ0) is 29.0. The van der Waals surface area contributed by atoms with Crippen LogP contribution in [0.4, 0.5) is 14.9 Å². The summed E-state index contributed by atoms with van der Waals surface area (Å²) in [7, 11) is 0.270. The van der Waals surface area contributed by atoms with E-state index in [1.54, 1.807) is 23.4 Å². The summed E-state index contributed by atoms with van der Waals surface area (Å²) >= 11 is 6.81. The van der Waals surface area contributed by atoms with Crippen LogP contribution in [0.15, 0.2) is 18.5 Å². The SMILES string of the molecule is C[S+](C)CCOCn1c2cnc(C#N)cc2c2c(N3CC[C@H](N(CCCF)C(=O)OC(C)(C)C)C3)c(Cl)cnc21. The molecule has 0 saturated carbocycles. The molecular formula is C28H37ClFN6O3S+. The maximum atomic E-state index is 13.1. The Labute approximate surface area is 242 Å². The molecule has 1 aliphatic heterocycles. The van der Waals surface area contributed by atoms with Gasteiger partial charge in [-0.05, 0) is 50.6 Å². The molecule has 12 heteroatoms. The number of carbonyl (C=O) groups is 1. The predicted octanol–water partition coefficient (Wildman–Crippen LogP) is 5.14. The maximum absolute atomic E-state index is 13.1. The van der Waals surface area contributed by atoms with Crippen LogP contribution < -0.4 is 4.90 Å². The summed E-state index contributed by atoms with van der Waals surface area (Å²) in [6, 6.07) is 3.71. The minimum absolute atomic E-state index is 0.175. The molecule has 0 aromatic carbocycles. The summed E-state index contributed by atoms with van der Waals surface area (Å²) in [6.07, 6.45) is 8.13. The van der Waals surface area contributed by atoms with Crippen molar-refractivity contribution in [3.63, 3.8) is 0 Å². The second-order valence-electron chi connectivity index (χ2n) is 11.1. The van der Waals surface area contributed by atoms with Crippen molar-refractivity contribution in [3.05, 3.63) is 29.2 Å². The number of alkyl halides is 1. The Bertz CT molecular complexity index is 1400. The molecule has 0 unspecified atom stereocenters. The molecule has 3 aromatic heterocycles. The average Bonchev–Trinajstić information content (AvgIpc) is 3.48. The molecule has 4 heterocycles. The molecule has 216 valence electrons. The van der Waals surface area contributed by atoms with Crippen LogP contribution in [0.1, 0.15) is 39.3 Å². The van der Waals surface area contributed by atoms with Crippen LogP contribution in [0.2, 0.25) is 5.02 Å². The van der Waals surface area contributed by atoms with E-state index in [0.29, 0.717) is 42.5 Å². The average molecular weight is 592 g/mol. The number of carbonyl (C=O) groups excluding carboxylic acids is 1. The number of ether oxygens (including phenoxy) is 2. The minimum Gasteiger partial charge on any atom is -0.444 e. The van der Waals surface area contributed by atoms with Gasteiger partial charge >= 0.3 is 6.09 Å². The molecule has 40 heavy (non-hydrogen) atoms. The molecule has 1 fully saturated rings. The Kier molecular flexibility index (Phi) is 9.64. The highest BCUT2D eigenvalue weighted by atomic mass is 35.5. The van der Waals surface area contributed by atoms with E-state index in [4.69, 9.17) is 21.1 Å². The van der Waals surface area contributed by atoms with Crippen LogP contribution in [0.25, 0.3) is 21.9 Å². The molecule has 0 spiro atoms. The van der Waals surface area contributed by atoms with Crippen LogP contribution in [0.5, 0.6) is 0 Å². The van der Waals surface area contributed by atoms with Crippen molar-refractivity contribution in [1.29, 1.82) is 5.26 Å². The number of fused-ring (bicyclic) bond motifs is 3. The topological polar surface area (TPSA) is 96.5 Å². The molecule has 4 rings (SSSR count). The summed E-state index contributed by atoms with van der Waals surface area (Å²) in [6.45, 7) is 7.26. The zero-order valence-corrected chi connectivity index (χ0v) is 25.3. The molecule has 9 nitrogen and oxygen atoms in total. The van der Waals surface area contributed by atoms with Gasteiger partial charge in [0.15, 0.2) is 0 Å². The lowest BCUT2D eigenvalue weighted by atomic mass is 10.1. The van der Waals surface area contributed by atoms with E-state index >= 15 is 0 Å². The lowest BCUT2D eigenvalue weighted by molar-refractivity contribution is 0.0173. The molecule has 1 saturated heterocycles. The lowest BCUT2D eigenvalue weighted by Gasteiger charge is -2.32. The number of aromatic nitrogens is 3. The summed E-state index contributed by atoms with van der Waals surface area (Å²) in [4.78, 5) is 25.8. The highest BCUT2D eigenvalue weighted by Gasteiger charge is 2.35. The Balaban J connectivity index is 1.73. The van der Waals surface area contributed by atoms with Gasteiger partial charge < -0.3 is 19.3 Å². The maximum Gasteiger partial charge on any atom is 0.410 e. The standard InChI is InChI=1S/C28H37ClFN6O3S/c1-28(2,3)39-27(37)35(9-6-8-30)20-7-10-34(17-20)25-22(29)15-33-26-24(25)21-13-19(14-31)32-16-23(21)36(26)18-38-11-12-40(4)5/h13,15-16,20H,6-12,17-18H2,1-5H3/q+1/t20-/m0/s1. The van der Waals surface area contributed by atoms with Crippen molar-refractivity contribution in [3.8, 4) is 6.07 Å². The van der Waals surface area contributed by atoms with E-state index in [1.807, 2.05) is 25.3 Å². The fraction of sp³-hybridized carbons (Fsp3) is 0.571. The molecule has 0 radical (unpaired) electrons. The number of amides is 1. The molecule has 0 N–H and O–H groups in total. The van der Waals surface area contributed by atoms with Gasteiger partial charge in [-0.25, -0.2) is 14.8 Å². The van der Waals surface area contributed by atoms with Gasteiger partial charge in [-0.1, -0.05) is 11.6 Å². The first-order chi connectivity index (χ1) is 19.0. The van der Waals surface area contributed by atoms with Gasteiger partial charge in [-0.15, -0.1) is 0 Å². The quantitative estimate of drug-likeness (QED) is 0.238. The van der Waals surface area contributed by atoms with E-state index in [2.05, 4.69) is 33.4 Å². The van der Waals surface area contributed by atoms with E-state index in [1.165, 1.54) is 0 Å². The number of anilines is 1. The highest BCUT2D eigenvalue weighted by Crippen LogP contribution is 2.41. The van der Waals surface area contributed by atoms with Crippen molar-refractivity contribution in [1.82, 2.24) is 19.4 Å². The van der Waals surface area contributed by atoms with Gasteiger partial charge in [-0.3, -0.25) is 8.96 Å². The molecule has 0 bridgehead atoms. The van der Waals surface area contributed by atoms with Crippen LogP contribution in [-0.4, -0.2) is 88.4 Å². The van der Waals surface area contributed by atoms with E-state index < -0.39 is 18.4 Å². The van der Waals surface area contributed by atoms with Crippen molar-refractivity contribution in [2.24, 2.45) is 0 Å². The van der Waals surface area contributed by atoms with E-state index in [-0.39, 0.29) is 36.6 Å². The first-order valence-corrected chi connectivity index (χ1v) is 15.9. The first kappa shape index (κ1) is 30.2. The molecule has 1 amide bonds. The van der Waals surface area contributed by atoms with E-state index in [0.717, 1.165) is 27.7 Å². The van der Waals surface area contributed by atoms with Crippen LogP contribution >= 0.6 is 11.6 Å². The third kappa shape index (κ3) is 6.73. The summed E-state index contributed by atoms with van der Waals surface area (Å²) in [5, 5.41) is 11.7. The molecular weight excluding hydrogens is 555 g/mol. The van der Waals surface area contributed by atoms with Crippen molar-refractivity contribution >= 4 is 56.2 Å². The first-order valence-electron chi connectivity index (χ1n) is 13.3. The third-order valence-electron chi connectivity index (χ3n) is 6.74. The molecule has 1 atom stereocenters. The molecule has 0 aliphatic carbocycles. The number of hydrogen-bond donors (Lipinski definition) is 0. The van der Waals surface area contributed by atoms with Gasteiger partial charge in [0, 0.05) is 25.0 Å². The summed E-state index contributed by atoms with van der Waals surface area (Å²) in [5.41, 5.74) is 1.90. The number of nitrogens with zero attached hydrogens (tertiary/aromatic N) is 6. The van der Waals surface area contributed by atoms with Gasteiger partial charge in [0.25, 0.3) is 0 Å². The second-order valence-corrected chi connectivity index (χ2v) is 13.9. The van der Waals surface area contributed by atoms with E-state index in [9.17, 15) is 14.4 Å².